The van der Waals surface area contributed by atoms with E-state index in [9.17, 15) is 4.79 Å². The van der Waals surface area contributed by atoms with Crippen LogP contribution in [0.15, 0.2) is 65.3 Å². The Labute approximate surface area is 136 Å². The van der Waals surface area contributed by atoms with Gasteiger partial charge in [-0.15, -0.1) is 0 Å². The molecule has 0 radical (unpaired) electrons. The summed E-state index contributed by atoms with van der Waals surface area (Å²) in [7, 11) is 0. The first kappa shape index (κ1) is 13.6. The summed E-state index contributed by atoms with van der Waals surface area (Å²) in [5, 5.41) is 1.37. The van der Waals surface area contributed by atoms with Crippen molar-refractivity contribution in [1.82, 2.24) is 0 Å². The third-order valence-electron chi connectivity index (χ3n) is 3.50. The summed E-state index contributed by atoms with van der Waals surface area (Å²) in [5.41, 5.74) is 1.70. The number of nitrogens with zero attached hydrogens (tertiary/aromatic N) is 1. The molecule has 0 spiro atoms. The SMILES string of the molecule is O=C1C2=CN=C(c3ccccc3)SC2Oc2ccc(Cl)cc21. The first-order chi connectivity index (χ1) is 10.7. The van der Waals surface area contributed by atoms with Crippen molar-refractivity contribution in [3.05, 3.63) is 76.5 Å². The molecule has 2 aliphatic rings. The van der Waals surface area contributed by atoms with E-state index in [1.54, 1.807) is 24.4 Å². The Hall–Kier alpha value is -2.04. The predicted octanol–water partition coefficient (Wildman–Crippen LogP) is 4.32. The van der Waals surface area contributed by atoms with Gasteiger partial charge in [0.2, 0.25) is 0 Å². The minimum Gasteiger partial charge on any atom is -0.474 e. The second-order valence-electron chi connectivity index (χ2n) is 4.92. The number of halogens is 1. The van der Waals surface area contributed by atoms with Crippen molar-refractivity contribution in [2.24, 2.45) is 4.99 Å². The first-order valence-electron chi connectivity index (χ1n) is 6.73. The topological polar surface area (TPSA) is 38.7 Å². The molecule has 4 rings (SSSR count). The number of Topliss-reactive ketones (excluding diaryl/α,β-unsaturated/α-hetero) is 1. The minimum absolute atomic E-state index is 0.0721. The number of hydrogen-bond acceptors (Lipinski definition) is 4. The third-order valence-corrected chi connectivity index (χ3v) is 4.86. The molecule has 0 fully saturated rings. The fraction of sp³-hybridized carbons (Fsp3) is 0.0588. The number of carbonyl (C=O) groups is 1. The molecule has 2 aromatic carbocycles. The number of rotatable bonds is 1. The fourth-order valence-electron chi connectivity index (χ4n) is 2.41. The van der Waals surface area contributed by atoms with Gasteiger partial charge < -0.3 is 4.74 Å². The van der Waals surface area contributed by atoms with Gasteiger partial charge in [-0.05, 0) is 18.2 Å². The van der Waals surface area contributed by atoms with Crippen LogP contribution >= 0.6 is 23.4 Å². The first-order valence-corrected chi connectivity index (χ1v) is 7.99. The van der Waals surface area contributed by atoms with Gasteiger partial charge in [0.1, 0.15) is 10.8 Å². The maximum atomic E-state index is 12.6. The fourth-order valence-corrected chi connectivity index (χ4v) is 3.62. The second-order valence-corrected chi connectivity index (χ2v) is 6.41. The standard InChI is InChI=1S/C17H10ClNO2S/c18-11-6-7-14-12(8-11)15(20)13-9-19-16(22-17(13)21-14)10-4-2-1-3-5-10/h1-9,17H. The highest BCUT2D eigenvalue weighted by Crippen LogP contribution is 2.39. The molecule has 5 heteroatoms. The second kappa shape index (κ2) is 5.30. The van der Waals surface area contributed by atoms with E-state index in [-0.39, 0.29) is 11.2 Å². The Balaban J connectivity index is 1.74. The molecule has 2 aromatic rings. The van der Waals surface area contributed by atoms with Gasteiger partial charge in [-0.1, -0.05) is 53.7 Å². The van der Waals surface area contributed by atoms with Crippen LogP contribution in [0.4, 0.5) is 0 Å². The summed E-state index contributed by atoms with van der Waals surface area (Å²) < 4.78 is 5.95. The lowest BCUT2D eigenvalue weighted by Crippen LogP contribution is -2.30. The average Bonchev–Trinajstić information content (AvgIpc) is 2.56. The number of benzene rings is 2. The Bertz CT molecular complexity index is 830. The van der Waals surface area contributed by atoms with Gasteiger partial charge in [-0.25, -0.2) is 4.99 Å². The van der Waals surface area contributed by atoms with Gasteiger partial charge in [-0.2, -0.15) is 0 Å². The Morgan fingerprint density at radius 2 is 1.95 bits per heavy atom. The van der Waals surface area contributed by atoms with Gasteiger partial charge in [0, 0.05) is 16.8 Å². The van der Waals surface area contributed by atoms with Crippen LogP contribution in [0.25, 0.3) is 0 Å². The van der Waals surface area contributed by atoms with Crippen LogP contribution < -0.4 is 4.74 Å². The molecule has 0 saturated carbocycles. The Morgan fingerprint density at radius 1 is 1.14 bits per heavy atom. The zero-order valence-electron chi connectivity index (χ0n) is 11.3. The molecule has 108 valence electrons. The van der Waals surface area contributed by atoms with E-state index in [2.05, 4.69) is 4.99 Å². The molecule has 0 bridgehead atoms. The zero-order valence-corrected chi connectivity index (χ0v) is 12.9. The van der Waals surface area contributed by atoms with Crippen LogP contribution in [0.5, 0.6) is 5.75 Å². The summed E-state index contributed by atoms with van der Waals surface area (Å²) in [6.45, 7) is 0. The van der Waals surface area contributed by atoms with E-state index in [0.29, 0.717) is 21.9 Å². The highest BCUT2D eigenvalue weighted by atomic mass is 35.5. The molecule has 0 aliphatic carbocycles. The minimum atomic E-state index is -0.367. The molecule has 0 aromatic heterocycles. The van der Waals surface area contributed by atoms with Gasteiger partial charge >= 0.3 is 0 Å². The highest BCUT2D eigenvalue weighted by molar-refractivity contribution is 8.15. The normalized spacial score (nSPS) is 19.5. The number of hydrogen-bond donors (Lipinski definition) is 0. The molecule has 2 aliphatic heterocycles. The van der Waals surface area contributed by atoms with Gasteiger partial charge in [0.05, 0.1) is 11.1 Å². The number of thioether (sulfide) groups is 1. The molecule has 22 heavy (non-hydrogen) atoms. The summed E-state index contributed by atoms with van der Waals surface area (Å²) >= 11 is 7.41. The van der Waals surface area contributed by atoms with Gasteiger partial charge in [0.15, 0.2) is 11.2 Å². The van der Waals surface area contributed by atoms with E-state index < -0.39 is 0 Å². The van der Waals surface area contributed by atoms with Crippen LogP contribution in [-0.2, 0) is 0 Å². The van der Waals surface area contributed by atoms with Crippen molar-refractivity contribution in [2.75, 3.05) is 0 Å². The lowest BCUT2D eigenvalue weighted by atomic mass is 10.0. The number of fused-ring (bicyclic) bond motifs is 2. The van der Waals surface area contributed by atoms with Gasteiger partial charge in [0.25, 0.3) is 0 Å². The van der Waals surface area contributed by atoms with E-state index in [4.69, 9.17) is 16.3 Å². The van der Waals surface area contributed by atoms with Crippen LogP contribution in [0.1, 0.15) is 15.9 Å². The number of carbonyl (C=O) groups excluding carboxylic acids is 1. The summed E-state index contributed by atoms with van der Waals surface area (Å²) in [6, 6.07) is 15.0. The van der Waals surface area contributed by atoms with Crippen LogP contribution in [0.3, 0.4) is 0 Å². The average molecular weight is 328 g/mol. The Morgan fingerprint density at radius 3 is 2.77 bits per heavy atom. The zero-order chi connectivity index (χ0) is 15.1. The predicted molar refractivity (Wildman–Crippen MR) is 88.9 cm³/mol. The summed E-state index contributed by atoms with van der Waals surface area (Å²) in [6.07, 6.45) is 1.61. The van der Waals surface area contributed by atoms with E-state index >= 15 is 0 Å². The molecule has 3 nitrogen and oxygen atoms in total. The number of aliphatic imine (C=N–C) groups is 1. The van der Waals surface area contributed by atoms with E-state index in [1.807, 2.05) is 30.3 Å². The maximum Gasteiger partial charge on any atom is 0.198 e. The van der Waals surface area contributed by atoms with Crippen molar-refractivity contribution in [2.45, 2.75) is 5.44 Å². The molecule has 0 amide bonds. The van der Waals surface area contributed by atoms with Crippen LogP contribution in [0.2, 0.25) is 5.02 Å². The van der Waals surface area contributed by atoms with Crippen molar-refractivity contribution in [1.29, 1.82) is 0 Å². The van der Waals surface area contributed by atoms with Crippen LogP contribution in [-0.4, -0.2) is 16.3 Å². The largest absolute Gasteiger partial charge is 0.474 e. The summed E-state index contributed by atoms with van der Waals surface area (Å²) in [5.74, 6) is 0.496. The van der Waals surface area contributed by atoms with Crippen molar-refractivity contribution < 1.29 is 9.53 Å². The van der Waals surface area contributed by atoms with E-state index in [1.165, 1.54) is 11.8 Å². The molecule has 2 heterocycles. The van der Waals surface area contributed by atoms with Gasteiger partial charge in [-0.3, -0.25) is 4.79 Å². The van der Waals surface area contributed by atoms with Crippen molar-refractivity contribution in [3.8, 4) is 5.75 Å². The van der Waals surface area contributed by atoms with E-state index in [0.717, 1.165) is 10.6 Å². The smallest absolute Gasteiger partial charge is 0.198 e. The molecule has 1 unspecified atom stereocenters. The molecule has 1 atom stereocenters. The highest BCUT2D eigenvalue weighted by Gasteiger charge is 2.35. The van der Waals surface area contributed by atoms with Crippen molar-refractivity contribution >= 4 is 34.2 Å². The Kier molecular flexibility index (Phi) is 3.28. The lowest BCUT2D eigenvalue weighted by molar-refractivity contribution is 0.0991. The molecule has 0 N–H and O–H groups in total. The monoisotopic (exact) mass is 327 g/mol. The van der Waals surface area contributed by atoms with Crippen molar-refractivity contribution in [3.63, 3.8) is 0 Å². The molecular weight excluding hydrogens is 318 g/mol. The lowest BCUT2D eigenvalue weighted by Gasteiger charge is -2.29. The third kappa shape index (κ3) is 2.25. The summed E-state index contributed by atoms with van der Waals surface area (Å²) in [4.78, 5) is 17.0. The number of ether oxygens (including phenoxy) is 1. The maximum absolute atomic E-state index is 12.6. The quantitative estimate of drug-likeness (QED) is 0.783. The van der Waals surface area contributed by atoms with Crippen LogP contribution in [0, 0.1) is 0 Å². The molecular formula is C17H10ClNO2S. The number of ketones is 1. The molecule has 0 saturated heterocycles.